The monoisotopic (exact) mass is 303 g/mol. The number of pyridine rings is 1. The molecule has 0 bridgehead atoms. The largest absolute Gasteiger partial charge is 0.367 e. The molecule has 0 unspecified atom stereocenters. The number of rotatable bonds is 6. The second-order valence-corrected chi connectivity index (χ2v) is 4.68. The lowest BCUT2D eigenvalue weighted by atomic mass is 10.4. The number of anilines is 1. The lowest BCUT2D eigenvalue weighted by Crippen LogP contribution is -2.39. The van der Waals surface area contributed by atoms with Gasteiger partial charge in [0.2, 0.25) is 0 Å². The van der Waals surface area contributed by atoms with E-state index in [1.54, 1.807) is 19.3 Å². The Morgan fingerprint density at radius 2 is 2.00 bits per heavy atom. The number of guanidine groups is 1. The van der Waals surface area contributed by atoms with Gasteiger partial charge in [0, 0.05) is 32.9 Å². The van der Waals surface area contributed by atoms with E-state index in [1.807, 2.05) is 0 Å². The molecule has 0 fully saturated rings. The molecule has 106 valence electrons. The second kappa shape index (κ2) is 8.82. The summed E-state index contributed by atoms with van der Waals surface area (Å²) in [6.45, 7) is 4.40. The summed E-state index contributed by atoms with van der Waals surface area (Å²) < 4.78 is 0. The Morgan fingerprint density at radius 3 is 2.63 bits per heavy atom. The Labute approximate surface area is 123 Å². The van der Waals surface area contributed by atoms with E-state index < -0.39 is 0 Å². The Morgan fingerprint density at radius 1 is 1.26 bits per heavy atom. The van der Waals surface area contributed by atoms with Crippen LogP contribution in [0.25, 0.3) is 0 Å². The zero-order valence-electron chi connectivity index (χ0n) is 11.1. The van der Waals surface area contributed by atoms with E-state index in [2.05, 4.69) is 32.9 Å². The van der Waals surface area contributed by atoms with Crippen molar-refractivity contribution in [3.63, 3.8) is 0 Å². The molecule has 1 rings (SSSR count). The Bertz CT molecular complexity index is 423. The molecule has 0 aliphatic rings. The average Bonchev–Trinajstić information content (AvgIpc) is 2.40. The minimum Gasteiger partial charge on any atom is -0.367 e. The van der Waals surface area contributed by atoms with Crippen LogP contribution in [0.3, 0.4) is 0 Å². The van der Waals surface area contributed by atoms with Gasteiger partial charge in [-0.25, -0.2) is 4.98 Å². The molecule has 0 amide bonds. The first-order chi connectivity index (χ1) is 9.17. The molecule has 1 heterocycles. The molecular weight excluding hydrogens is 285 g/mol. The van der Waals surface area contributed by atoms with Crippen molar-refractivity contribution < 1.29 is 0 Å². The fraction of sp³-hybridized carbons (Fsp3) is 0.500. The fourth-order valence-electron chi connectivity index (χ4n) is 1.37. The topological polar surface area (TPSA) is 61.3 Å². The zero-order chi connectivity index (χ0) is 14.1. The van der Waals surface area contributed by atoms with Crippen molar-refractivity contribution in [1.29, 1.82) is 0 Å². The maximum absolute atomic E-state index is 6.00. The van der Waals surface area contributed by atoms with Crippen molar-refractivity contribution in [2.75, 3.05) is 32.0 Å². The summed E-state index contributed by atoms with van der Waals surface area (Å²) in [5.41, 5.74) is 0. The van der Waals surface area contributed by atoms with E-state index in [9.17, 15) is 0 Å². The summed E-state index contributed by atoms with van der Waals surface area (Å²) in [6.07, 6.45) is 2.62. The summed E-state index contributed by atoms with van der Waals surface area (Å²) in [7, 11) is 1.75. The second-order valence-electron chi connectivity index (χ2n) is 3.84. The lowest BCUT2D eigenvalue weighted by Gasteiger charge is -2.12. The van der Waals surface area contributed by atoms with E-state index in [-0.39, 0.29) is 0 Å². The predicted molar refractivity (Wildman–Crippen MR) is 82.4 cm³/mol. The van der Waals surface area contributed by atoms with Crippen LogP contribution in [0.1, 0.15) is 13.3 Å². The molecule has 7 heteroatoms. The maximum Gasteiger partial charge on any atom is 0.191 e. The first kappa shape index (κ1) is 15.9. The summed E-state index contributed by atoms with van der Waals surface area (Å²) in [5, 5.41) is 10.5. The Balaban J connectivity index is 2.30. The van der Waals surface area contributed by atoms with E-state index >= 15 is 0 Å². The number of hydrogen-bond donors (Lipinski definition) is 3. The fourth-order valence-corrected chi connectivity index (χ4v) is 1.82. The third-order valence-corrected chi connectivity index (χ3v) is 2.78. The van der Waals surface area contributed by atoms with Crippen LogP contribution in [0.15, 0.2) is 17.3 Å². The van der Waals surface area contributed by atoms with Gasteiger partial charge < -0.3 is 16.0 Å². The van der Waals surface area contributed by atoms with Crippen LogP contribution in [-0.2, 0) is 0 Å². The van der Waals surface area contributed by atoms with Gasteiger partial charge in [0.1, 0.15) is 5.82 Å². The maximum atomic E-state index is 6.00. The number of nitrogens with zero attached hydrogens (tertiary/aromatic N) is 2. The van der Waals surface area contributed by atoms with E-state index in [0.29, 0.717) is 29.0 Å². The van der Waals surface area contributed by atoms with Crippen molar-refractivity contribution >= 4 is 35.0 Å². The third-order valence-electron chi connectivity index (χ3n) is 2.28. The third kappa shape index (κ3) is 5.98. The number of halogens is 2. The molecule has 0 saturated heterocycles. The van der Waals surface area contributed by atoms with E-state index in [1.165, 1.54) is 0 Å². The summed E-state index contributed by atoms with van der Waals surface area (Å²) in [6, 6.07) is 1.66. The van der Waals surface area contributed by atoms with Gasteiger partial charge in [0.05, 0.1) is 10.0 Å². The Kier molecular flexibility index (Phi) is 7.36. The molecular formula is C12H19Cl2N5. The van der Waals surface area contributed by atoms with Crippen LogP contribution < -0.4 is 16.0 Å². The first-order valence-corrected chi connectivity index (χ1v) is 6.92. The zero-order valence-corrected chi connectivity index (χ0v) is 12.6. The predicted octanol–water partition coefficient (Wildman–Crippen LogP) is 2.38. The number of hydrogen-bond acceptors (Lipinski definition) is 3. The average molecular weight is 304 g/mol. The van der Waals surface area contributed by atoms with Crippen LogP contribution in [0, 0.1) is 0 Å². The first-order valence-electron chi connectivity index (χ1n) is 6.16. The van der Waals surface area contributed by atoms with Crippen LogP contribution >= 0.6 is 23.2 Å². The molecule has 3 N–H and O–H groups in total. The van der Waals surface area contributed by atoms with Crippen LogP contribution in [-0.4, -0.2) is 37.6 Å². The SMILES string of the molecule is CCCNC(=NC)NCCNc1ncc(Cl)cc1Cl. The molecule has 0 atom stereocenters. The molecule has 0 spiro atoms. The van der Waals surface area contributed by atoms with Gasteiger partial charge in [-0.3, -0.25) is 4.99 Å². The van der Waals surface area contributed by atoms with Crippen molar-refractivity contribution in [3.8, 4) is 0 Å². The molecule has 1 aromatic heterocycles. The van der Waals surface area contributed by atoms with E-state index in [4.69, 9.17) is 23.2 Å². The highest BCUT2D eigenvalue weighted by Gasteiger charge is 2.02. The standard InChI is InChI=1S/C12H19Cl2N5/c1-3-4-17-12(15-2)18-6-5-16-11-10(14)7-9(13)8-19-11/h7-8H,3-6H2,1-2H3,(H,16,19)(H2,15,17,18). The highest BCUT2D eigenvalue weighted by Crippen LogP contribution is 2.21. The van der Waals surface area contributed by atoms with Crippen molar-refractivity contribution in [3.05, 3.63) is 22.3 Å². The molecule has 0 aliphatic heterocycles. The van der Waals surface area contributed by atoms with Gasteiger partial charge in [-0.05, 0) is 12.5 Å². The van der Waals surface area contributed by atoms with Crippen molar-refractivity contribution in [2.24, 2.45) is 4.99 Å². The molecule has 0 radical (unpaired) electrons. The highest BCUT2D eigenvalue weighted by atomic mass is 35.5. The smallest absolute Gasteiger partial charge is 0.191 e. The molecule has 0 saturated carbocycles. The van der Waals surface area contributed by atoms with Gasteiger partial charge >= 0.3 is 0 Å². The quantitative estimate of drug-likeness (QED) is 0.429. The number of nitrogens with one attached hydrogen (secondary N) is 3. The molecule has 19 heavy (non-hydrogen) atoms. The van der Waals surface area contributed by atoms with Gasteiger partial charge in [0.15, 0.2) is 5.96 Å². The van der Waals surface area contributed by atoms with Gasteiger partial charge in [0.25, 0.3) is 0 Å². The Hall–Kier alpha value is -1.20. The molecule has 0 aliphatic carbocycles. The summed E-state index contributed by atoms with van der Waals surface area (Å²) in [4.78, 5) is 8.22. The van der Waals surface area contributed by atoms with Gasteiger partial charge in [-0.15, -0.1) is 0 Å². The van der Waals surface area contributed by atoms with E-state index in [0.717, 1.165) is 18.9 Å². The minimum absolute atomic E-state index is 0.515. The van der Waals surface area contributed by atoms with Crippen molar-refractivity contribution in [1.82, 2.24) is 15.6 Å². The molecule has 0 aromatic carbocycles. The lowest BCUT2D eigenvalue weighted by molar-refractivity contribution is 0.784. The highest BCUT2D eigenvalue weighted by molar-refractivity contribution is 6.35. The van der Waals surface area contributed by atoms with Crippen molar-refractivity contribution in [2.45, 2.75) is 13.3 Å². The van der Waals surface area contributed by atoms with Crippen LogP contribution in [0.5, 0.6) is 0 Å². The number of aromatic nitrogens is 1. The van der Waals surface area contributed by atoms with Crippen LogP contribution in [0.4, 0.5) is 5.82 Å². The molecule has 1 aromatic rings. The summed E-state index contributed by atoms with van der Waals surface area (Å²) >= 11 is 11.8. The molecule has 5 nitrogen and oxygen atoms in total. The summed E-state index contributed by atoms with van der Waals surface area (Å²) in [5.74, 6) is 1.42. The normalized spacial score (nSPS) is 11.3. The van der Waals surface area contributed by atoms with Gasteiger partial charge in [-0.1, -0.05) is 30.1 Å². The minimum atomic E-state index is 0.515. The van der Waals surface area contributed by atoms with Gasteiger partial charge in [-0.2, -0.15) is 0 Å². The number of aliphatic imine (C=N–C) groups is 1. The van der Waals surface area contributed by atoms with Crippen LogP contribution in [0.2, 0.25) is 10.0 Å².